The first-order valence-corrected chi connectivity index (χ1v) is 3.96. The van der Waals surface area contributed by atoms with Crippen molar-refractivity contribution < 1.29 is 33.0 Å². The Hall–Kier alpha value is -1.31. The van der Waals surface area contributed by atoms with Gasteiger partial charge in [0.1, 0.15) is 12.5 Å². The van der Waals surface area contributed by atoms with Crippen molar-refractivity contribution in [3.63, 3.8) is 0 Å². The molecule has 0 aliphatic carbocycles. The molecule has 0 radical (unpaired) electrons. The van der Waals surface area contributed by atoms with Crippen LogP contribution in [-0.4, -0.2) is 40.9 Å². The number of alkyl halides is 3. The van der Waals surface area contributed by atoms with Gasteiger partial charge in [-0.15, -0.1) is 0 Å². The molecule has 0 aliphatic heterocycles. The van der Waals surface area contributed by atoms with Crippen LogP contribution in [0.1, 0.15) is 12.8 Å². The standard InChI is InChI=1S/C7H10F3NO4/c8-7(9,10)3-5(13)11-4(1-2-12)6(14)15/h4,12H,1-3H2,(H,11,13)(H,14,15). The number of aliphatic hydroxyl groups excluding tert-OH is 1. The Balaban J connectivity index is 4.18. The summed E-state index contributed by atoms with van der Waals surface area (Å²) in [6, 6.07) is -1.50. The third-order valence-corrected chi connectivity index (χ3v) is 1.41. The number of halogens is 3. The van der Waals surface area contributed by atoms with Crippen molar-refractivity contribution in [2.24, 2.45) is 0 Å². The maximum Gasteiger partial charge on any atom is 0.397 e. The van der Waals surface area contributed by atoms with Crippen LogP contribution >= 0.6 is 0 Å². The zero-order chi connectivity index (χ0) is 12.1. The van der Waals surface area contributed by atoms with E-state index in [1.165, 1.54) is 0 Å². The molecule has 0 aliphatic rings. The fourth-order valence-electron chi connectivity index (χ4n) is 0.814. The number of hydrogen-bond donors (Lipinski definition) is 3. The Morgan fingerprint density at radius 3 is 2.20 bits per heavy atom. The van der Waals surface area contributed by atoms with Gasteiger partial charge >= 0.3 is 12.1 Å². The third-order valence-electron chi connectivity index (χ3n) is 1.41. The van der Waals surface area contributed by atoms with Crippen molar-refractivity contribution in [2.45, 2.75) is 25.1 Å². The average Bonchev–Trinajstić information content (AvgIpc) is 1.99. The van der Waals surface area contributed by atoms with E-state index in [2.05, 4.69) is 0 Å². The highest BCUT2D eigenvalue weighted by atomic mass is 19.4. The molecule has 3 N–H and O–H groups in total. The number of carboxylic acids is 1. The van der Waals surface area contributed by atoms with Gasteiger partial charge in [-0.3, -0.25) is 4.79 Å². The smallest absolute Gasteiger partial charge is 0.397 e. The molecule has 0 spiro atoms. The fourth-order valence-corrected chi connectivity index (χ4v) is 0.814. The number of carboxylic acid groups (broad SMARTS) is 1. The summed E-state index contributed by atoms with van der Waals surface area (Å²) in [5.74, 6) is -2.91. The van der Waals surface area contributed by atoms with Gasteiger partial charge in [-0.2, -0.15) is 13.2 Å². The lowest BCUT2D eigenvalue weighted by Gasteiger charge is -2.13. The van der Waals surface area contributed by atoms with Crippen LogP contribution in [0.3, 0.4) is 0 Å². The third kappa shape index (κ3) is 6.72. The topological polar surface area (TPSA) is 86.6 Å². The number of carbonyl (C=O) groups excluding carboxylic acids is 1. The van der Waals surface area contributed by atoms with Crippen molar-refractivity contribution in [1.29, 1.82) is 0 Å². The van der Waals surface area contributed by atoms with E-state index in [0.29, 0.717) is 0 Å². The molecule has 0 rings (SSSR count). The van der Waals surface area contributed by atoms with E-state index in [-0.39, 0.29) is 6.42 Å². The van der Waals surface area contributed by atoms with Crippen LogP contribution in [0.5, 0.6) is 0 Å². The predicted octanol–water partition coefficient (Wildman–Crippen LogP) is -0.109. The molecule has 1 amide bonds. The maximum atomic E-state index is 11.7. The molecule has 0 aromatic heterocycles. The molecule has 0 fully saturated rings. The molecule has 1 unspecified atom stereocenters. The lowest BCUT2D eigenvalue weighted by atomic mass is 10.2. The number of hydrogen-bond acceptors (Lipinski definition) is 3. The average molecular weight is 229 g/mol. The van der Waals surface area contributed by atoms with E-state index >= 15 is 0 Å². The van der Waals surface area contributed by atoms with Crippen LogP contribution in [0.2, 0.25) is 0 Å². The predicted molar refractivity (Wildman–Crippen MR) is 41.9 cm³/mol. The Morgan fingerprint density at radius 1 is 1.33 bits per heavy atom. The van der Waals surface area contributed by atoms with Gasteiger partial charge in [0.25, 0.3) is 0 Å². The van der Waals surface area contributed by atoms with Gasteiger partial charge in [0.2, 0.25) is 5.91 Å². The Kier molecular flexibility index (Phi) is 5.06. The van der Waals surface area contributed by atoms with Gasteiger partial charge in [0.15, 0.2) is 0 Å². The molecule has 0 aromatic carbocycles. The largest absolute Gasteiger partial charge is 0.480 e. The number of rotatable bonds is 5. The second-order valence-electron chi connectivity index (χ2n) is 2.76. The van der Waals surface area contributed by atoms with Crippen LogP contribution in [0.4, 0.5) is 13.2 Å². The van der Waals surface area contributed by atoms with Crippen molar-refractivity contribution in [3.05, 3.63) is 0 Å². The molecule has 0 bridgehead atoms. The molecule has 88 valence electrons. The lowest BCUT2D eigenvalue weighted by Crippen LogP contribution is -2.42. The minimum absolute atomic E-state index is 0.334. The summed E-state index contributed by atoms with van der Waals surface area (Å²) in [7, 11) is 0. The first-order chi connectivity index (χ1) is 6.76. The molecule has 0 saturated carbocycles. The highest BCUT2D eigenvalue weighted by Crippen LogP contribution is 2.19. The highest BCUT2D eigenvalue weighted by Gasteiger charge is 2.32. The Morgan fingerprint density at radius 2 is 1.87 bits per heavy atom. The first kappa shape index (κ1) is 13.7. The van der Waals surface area contributed by atoms with E-state index in [1.54, 1.807) is 5.32 Å². The number of amides is 1. The number of aliphatic hydroxyl groups is 1. The highest BCUT2D eigenvalue weighted by molar-refractivity contribution is 5.83. The van der Waals surface area contributed by atoms with Crippen LogP contribution < -0.4 is 5.32 Å². The van der Waals surface area contributed by atoms with Gasteiger partial charge in [0.05, 0.1) is 0 Å². The number of carbonyl (C=O) groups is 2. The van der Waals surface area contributed by atoms with Crippen molar-refractivity contribution in [3.8, 4) is 0 Å². The van der Waals surface area contributed by atoms with Crippen molar-refractivity contribution in [1.82, 2.24) is 5.32 Å². The van der Waals surface area contributed by atoms with Gasteiger partial charge < -0.3 is 15.5 Å². The van der Waals surface area contributed by atoms with Gasteiger partial charge in [0, 0.05) is 13.0 Å². The molecule has 0 saturated heterocycles. The normalized spacial score (nSPS) is 13.3. The van der Waals surface area contributed by atoms with E-state index in [9.17, 15) is 22.8 Å². The minimum Gasteiger partial charge on any atom is -0.480 e. The zero-order valence-electron chi connectivity index (χ0n) is 7.54. The minimum atomic E-state index is -4.67. The molecule has 15 heavy (non-hydrogen) atoms. The van der Waals surface area contributed by atoms with Gasteiger partial charge in [-0.25, -0.2) is 4.79 Å². The zero-order valence-corrected chi connectivity index (χ0v) is 7.54. The molecule has 5 nitrogen and oxygen atoms in total. The fraction of sp³-hybridized carbons (Fsp3) is 0.714. The van der Waals surface area contributed by atoms with E-state index in [4.69, 9.17) is 10.2 Å². The second kappa shape index (κ2) is 5.54. The van der Waals surface area contributed by atoms with E-state index in [0.717, 1.165) is 0 Å². The quantitative estimate of drug-likeness (QED) is 0.614. The summed E-state index contributed by atoms with van der Waals surface area (Å²) in [6.45, 7) is -0.538. The summed E-state index contributed by atoms with van der Waals surface area (Å²) in [5.41, 5.74) is 0. The van der Waals surface area contributed by atoms with E-state index in [1.807, 2.05) is 0 Å². The molecular weight excluding hydrogens is 219 g/mol. The summed E-state index contributed by atoms with van der Waals surface area (Å²) in [6.07, 6.45) is -6.74. The van der Waals surface area contributed by atoms with Crippen LogP contribution in [0, 0.1) is 0 Å². The van der Waals surface area contributed by atoms with Gasteiger partial charge in [-0.05, 0) is 0 Å². The monoisotopic (exact) mass is 229 g/mol. The van der Waals surface area contributed by atoms with Crippen LogP contribution in [0.15, 0.2) is 0 Å². The van der Waals surface area contributed by atoms with Crippen molar-refractivity contribution in [2.75, 3.05) is 6.61 Å². The Labute approximate surface area is 82.9 Å². The number of nitrogens with one attached hydrogen (secondary N) is 1. The second-order valence-corrected chi connectivity index (χ2v) is 2.76. The first-order valence-electron chi connectivity index (χ1n) is 3.96. The molecule has 0 heterocycles. The molecule has 1 atom stereocenters. The van der Waals surface area contributed by atoms with Crippen LogP contribution in [0.25, 0.3) is 0 Å². The summed E-state index contributed by atoms with van der Waals surface area (Å²) < 4.78 is 35.1. The lowest BCUT2D eigenvalue weighted by molar-refractivity contribution is -0.157. The molecular formula is C7H10F3NO4. The SMILES string of the molecule is O=C(CC(F)(F)F)NC(CCO)C(=O)O. The van der Waals surface area contributed by atoms with Crippen LogP contribution in [-0.2, 0) is 9.59 Å². The molecule has 8 heteroatoms. The molecule has 0 aromatic rings. The maximum absolute atomic E-state index is 11.7. The summed E-state index contributed by atoms with van der Waals surface area (Å²) >= 11 is 0. The summed E-state index contributed by atoms with van der Waals surface area (Å²) in [4.78, 5) is 21.1. The van der Waals surface area contributed by atoms with Gasteiger partial charge in [-0.1, -0.05) is 0 Å². The number of aliphatic carboxylic acids is 1. The van der Waals surface area contributed by atoms with E-state index < -0.39 is 37.1 Å². The Bertz CT molecular complexity index is 241. The summed E-state index contributed by atoms with van der Waals surface area (Å²) in [5, 5.41) is 18.5. The van der Waals surface area contributed by atoms with Crippen molar-refractivity contribution >= 4 is 11.9 Å².